The van der Waals surface area contributed by atoms with Crippen LogP contribution in [0.15, 0.2) is 0 Å². The van der Waals surface area contributed by atoms with Gasteiger partial charge in [-0.1, -0.05) is 25.7 Å². The van der Waals surface area contributed by atoms with Crippen LogP contribution in [0.3, 0.4) is 0 Å². The van der Waals surface area contributed by atoms with Crippen LogP contribution in [-0.2, 0) is 9.47 Å². The molecule has 2 rings (SSSR count). The number of rotatable bonds is 7. The van der Waals surface area contributed by atoms with Crippen molar-refractivity contribution in [2.24, 2.45) is 11.8 Å². The molecular formula is C15H30N2O2. The summed E-state index contributed by atoms with van der Waals surface area (Å²) in [5.41, 5.74) is 2.93. The van der Waals surface area contributed by atoms with E-state index in [2.05, 4.69) is 12.3 Å². The first-order valence-corrected chi connectivity index (χ1v) is 7.98. The van der Waals surface area contributed by atoms with Gasteiger partial charge < -0.3 is 9.47 Å². The first kappa shape index (κ1) is 15.2. The molecule has 1 aliphatic carbocycles. The van der Waals surface area contributed by atoms with Crippen LogP contribution in [0.1, 0.15) is 58.3 Å². The number of hydrazine groups is 1. The fourth-order valence-electron chi connectivity index (χ4n) is 3.80. The summed E-state index contributed by atoms with van der Waals surface area (Å²) >= 11 is 0. The van der Waals surface area contributed by atoms with E-state index in [1.807, 2.05) is 0 Å². The van der Waals surface area contributed by atoms with E-state index in [0.717, 1.165) is 45.0 Å². The zero-order chi connectivity index (χ0) is 13.6. The minimum absolute atomic E-state index is 0.111. The molecular weight excluding hydrogens is 240 g/mol. The molecule has 3 N–H and O–H groups in total. The zero-order valence-corrected chi connectivity index (χ0v) is 12.3. The first-order valence-electron chi connectivity index (χ1n) is 7.98. The van der Waals surface area contributed by atoms with Crippen LogP contribution < -0.4 is 11.3 Å². The molecule has 1 saturated heterocycles. The Bertz CT molecular complexity index is 243. The van der Waals surface area contributed by atoms with Gasteiger partial charge in [0.15, 0.2) is 0 Å². The summed E-state index contributed by atoms with van der Waals surface area (Å²) in [6.45, 7) is 4.41. The van der Waals surface area contributed by atoms with Crippen LogP contribution in [-0.4, -0.2) is 31.5 Å². The number of nitrogens with two attached hydrogens (primary N) is 1. The van der Waals surface area contributed by atoms with Crippen molar-refractivity contribution in [1.29, 1.82) is 0 Å². The van der Waals surface area contributed by atoms with Gasteiger partial charge in [-0.15, -0.1) is 0 Å². The topological polar surface area (TPSA) is 56.5 Å². The molecule has 1 atom stereocenters. The van der Waals surface area contributed by atoms with Gasteiger partial charge in [0, 0.05) is 32.7 Å². The predicted octanol–water partition coefficient (Wildman–Crippen LogP) is 2.37. The molecule has 1 aliphatic heterocycles. The van der Waals surface area contributed by atoms with Crippen molar-refractivity contribution in [3.63, 3.8) is 0 Å². The maximum atomic E-state index is 6.12. The molecule has 1 unspecified atom stereocenters. The highest BCUT2D eigenvalue weighted by Gasteiger charge is 2.40. The van der Waals surface area contributed by atoms with Gasteiger partial charge in [0.25, 0.3) is 0 Å². The third-order valence-electron chi connectivity index (χ3n) is 4.95. The van der Waals surface area contributed by atoms with Crippen LogP contribution in [0, 0.1) is 5.92 Å². The van der Waals surface area contributed by atoms with E-state index in [0.29, 0.717) is 0 Å². The summed E-state index contributed by atoms with van der Waals surface area (Å²) in [4.78, 5) is 0. The molecule has 0 bridgehead atoms. The van der Waals surface area contributed by atoms with Gasteiger partial charge in [0.1, 0.15) is 0 Å². The van der Waals surface area contributed by atoms with E-state index in [9.17, 15) is 0 Å². The second-order valence-electron chi connectivity index (χ2n) is 6.06. The Morgan fingerprint density at radius 1 is 1.32 bits per heavy atom. The SMILES string of the molecule is CCOC1(C(CCC2CCCC2)NN)CCOCC1. The zero-order valence-electron chi connectivity index (χ0n) is 12.3. The molecule has 0 radical (unpaired) electrons. The first-order chi connectivity index (χ1) is 9.30. The Balaban J connectivity index is 1.91. The molecule has 0 aromatic heterocycles. The summed E-state index contributed by atoms with van der Waals surface area (Å²) in [6, 6.07) is 0.261. The van der Waals surface area contributed by atoms with Crippen LogP contribution in [0.5, 0.6) is 0 Å². The second kappa shape index (κ2) is 7.58. The highest BCUT2D eigenvalue weighted by Crippen LogP contribution is 2.34. The molecule has 0 aromatic carbocycles. The monoisotopic (exact) mass is 270 g/mol. The third-order valence-corrected chi connectivity index (χ3v) is 4.95. The normalized spacial score (nSPS) is 25.6. The number of hydrogen-bond donors (Lipinski definition) is 2. The Kier molecular flexibility index (Phi) is 6.07. The van der Waals surface area contributed by atoms with E-state index >= 15 is 0 Å². The smallest absolute Gasteiger partial charge is 0.0891 e. The standard InChI is InChI=1S/C15H30N2O2/c1-2-19-15(9-11-18-12-10-15)14(17-16)8-7-13-5-3-4-6-13/h13-14,17H,2-12,16H2,1H3. The van der Waals surface area contributed by atoms with Crippen molar-refractivity contribution < 1.29 is 9.47 Å². The minimum atomic E-state index is -0.111. The van der Waals surface area contributed by atoms with Crippen molar-refractivity contribution in [3.05, 3.63) is 0 Å². The van der Waals surface area contributed by atoms with Crippen molar-refractivity contribution >= 4 is 0 Å². The summed E-state index contributed by atoms with van der Waals surface area (Å²) in [7, 11) is 0. The lowest BCUT2D eigenvalue weighted by molar-refractivity contribution is -0.128. The van der Waals surface area contributed by atoms with Gasteiger partial charge >= 0.3 is 0 Å². The molecule has 1 saturated carbocycles. The van der Waals surface area contributed by atoms with Crippen molar-refractivity contribution in [3.8, 4) is 0 Å². The van der Waals surface area contributed by atoms with Crippen molar-refractivity contribution in [2.45, 2.75) is 69.9 Å². The number of hydrogen-bond acceptors (Lipinski definition) is 4. The summed E-state index contributed by atoms with van der Waals surface area (Å²) < 4.78 is 11.6. The van der Waals surface area contributed by atoms with E-state index in [1.54, 1.807) is 0 Å². The maximum absolute atomic E-state index is 6.12. The number of nitrogens with one attached hydrogen (secondary N) is 1. The molecule has 112 valence electrons. The quantitative estimate of drug-likeness (QED) is 0.551. The average molecular weight is 270 g/mol. The van der Waals surface area contributed by atoms with Crippen LogP contribution >= 0.6 is 0 Å². The van der Waals surface area contributed by atoms with Gasteiger partial charge in [-0.2, -0.15) is 0 Å². The van der Waals surface area contributed by atoms with Gasteiger partial charge in [0.05, 0.1) is 11.6 Å². The molecule has 4 heteroatoms. The Hall–Kier alpha value is -0.160. The molecule has 1 heterocycles. The maximum Gasteiger partial charge on any atom is 0.0891 e. The summed E-state index contributed by atoms with van der Waals surface area (Å²) in [5.74, 6) is 6.74. The number of ether oxygens (including phenoxy) is 2. The Morgan fingerprint density at radius 2 is 2.00 bits per heavy atom. The van der Waals surface area contributed by atoms with Crippen molar-refractivity contribution in [1.82, 2.24) is 5.43 Å². The lowest BCUT2D eigenvalue weighted by atomic mass is 9.82. The fourth-order valence-corrected chi connectivity index (χ4v) is 3.80. The van der Waals surface area contributed by atoms with Gasteiger partial charge in [-0.3, -0.25) is 11.3 Å². The molecule has 0 amide bonds. The van der Waals surface area contributed by atoms with Gasteiger partial charge in [-0.05, 0) is 25.7 Å². The summed E-state index contributed by atoms with van der Waals surface area (Å²) in [5, 5.41) is 0. The van der Waals surface area contributed by atoms with Gasteiger partial charge in [0.2, 0.25) is 0 Å². The minimum Gasteiger partial charge on any atom is -0.381 e. The van der Waals surface area contributed by atoms with E-state index < -0.39 is 0 Å². The molecule has 2 fully saturated rings. The second-order valence-corrected chi connectivity index (χ2v) is 6.06. The lowest BCUT2D eigenvalue weighted by Gasteiger charge is -2.43. The predicted molar refractivity (Wildman–Crippen MR) is 76.7 cm³/mol. The van der Waals surface area contributed by atoms with Crippen LogP contribution in [0.4, 0.5) is 0 Å². The third kappa shape index (κ3) is 3.91. The average Bonchev–Trinajstić information content (AvgIpc) is 2.94. The summed E-state index contributed by atoms with van der Waals surface area (Å²) in [6.07, 6.45) is 9.96. The lowest BCUT2D eigenvalue weighted by Crippen LogP contribution is -2.57. The highest BCUT2D eigenvalue weighted by atomic mass is 16.5. The van der Waals surface area contributed by atoms with Gasteiger partial charge in [-0.25, -0.2) is 0 Å². The molecule has 0 spiro atoms. The highest BCUT2D eigenvalue weighted by molar-refractivity contribution is 4.94. The molecule has 4 nitrogen and oxygen atoms in total. The van der Waals surface area contributed by atoms with Crippen LogP contribution in [0.2, 0.25) is 0 Å². The Labute approximate surface area is 117 Å². The molecule has 2 aliphatic rings. The van der Waals surface area contributed by atoms with E-state index in [1.165, 1.54) is 32.1 Å². The Morgan fingerprint density at radius 3 is 2.58 bits per heavy atom. The fraction of sp³-hybridized carbons (Fsp3) is 1.00. The van der Waals surface area contributed by atoms with Crippen LogP contribution in [0.25, 0.3) is 0 Å². The molecule has 19 heavy (non-hydrogen) atoms. The molecule has 0 aromatic rings. The van der Waals surface area contributed by atoms with E-state index in [4.69, 9.17) is 15.3 Å². The largest absolute Gasteiger partial charge is 0.381 e. The van der Waals surface area contributed by atoms with Crippen molar-refractivity contribution in [2.75, 3.05) is 19.8 Å². The van der Waals surface area contributed by atoms with E-state index in [-0.39, 0.29) is 11.6 Å².